The first kappa shape index (κ1) is 11.5. The molecular weight excluding hydrogens is 236 g/mol. The molecular formula is C10H12N6S. The minimum atomic E-state index is -0.0139. The topological polar surface area (TPSA) is 91.8 Å². The van der Waals surface area contributed by atoms with Gasteiger partial charge in [-0.15, -0.1) is 16.4 Å². The SMILES string of the molecule is CN(Cc1cscn1)c1nnccc1C(=N)N. The highest BCUT2D eigenvalue weighted by Crippen LogP contribution is 2.16. The molecule has 7 heteroatoms. The van der Waals surface area contributed by atoms with Gasteiger partial charge in [0.05, 0.1) is 29.5 Å². The van der Waals surface area contributed by atoms with Gasteiger partial charge in [0.2, 0.25) is 0 Å². The van der Waals surface area contributed by atoms with Gasteiger partial charge in [0, 0.05) is 12.4 Å². The first-order valence-electron chi connectivity index (χ1n) is 4.92. The molecule has 6 nitrogen and oxygen atoms in total. The van der Waals surface area contributed by atoms with Gasteiger partial charge in [-0.25, -0.2) is 4.98 Å². The fourth-order valence-corrected chi connectivity index (χ4v) is 2.00. The highest BCUT2D eigenvalue weighted by Gasteiger charge is 2.12. The van der Waals surface area contributed by atoms with E-state index in [0.29, 0.717) is 17.9 Å². The normalized spacial score (nSPS) is 10.2. The fourth-order valence-electron chi connectivity index (χ4n) is 1.45. The molecule has 0 aliphatic carbocycles. The van der Waals surface area contributed by atoms with E-state index >= 15 is 0 Å². The van der Waals surface area contributed by atoms with Crippen LogP contribution in [0.15, 0.2) is 23.2 Å². The van der Waals surface area contributed by atoms with E-state index < -0.39 is 0 Å². The average molecular weight is 248 g/mol. The quantitative estimate of drug-likeness (QED) is 0.618. The summed E-state index contributed by atoms with van der Waals surface area (Å²) in [6.07, 6.45) is 1.52. The summed E-state index contributed by atoms with van der Waals surface area (Å²) in [5.74, 6) is 0.577. The summed E-state index contributed by atoms with van der Waals surface area (Å²) in [6, 6.07) is 1.68. The minimum absolute atomic E-state index is 0.0139. The number of thiazole rings is 1. The van der Waals surface area contributed by atoms with Gasteiger partial charge in [-0.1, -0.05) is 0 Å². The third-order valence-corrected chi connectivity index (χ3v) is 2.87. The van der Waals surface area contributed by atoms with Crippen LogP contribution in [0.2, 0.25) is 0 Å². The van der Waals surface area contributed by atoms with E-state index in [4.69, 9.17) is 11.1 Å². The molecule has 0 amide bonds. The lowest BCUT2D eigenvalue weighted by Gasteiger charge is -2.18. The monoisotopic (exact) mass is 248 g/mol. The smallest absolute Gasteiger partial charge is 0.162 e. The van der Waals surface area contributed by atoms with Gasteiger partial charge in [-0.05, 0) is 6.07 Å². The molecule has 0 aliphatic rings. The fraction of sp³-hybridized carbons (Fsp3) is 0.200. The van der Waals surface area contributed by atoms with Gasteiger partial charge in [0.25, 0.3) is 0 Å². The third kappa shape index (κ3) is 2.56. The molecule has 2 aromatic rings. The molecule has 2 rings (SSSR count). The molecule has 0 radical (unpaired) electrons. The van der Waals surface area contributed by atoms with E-state index in [9.17, 15) is 0 Å². The molecule has 0 saturated heterocycles. The summed E-state index contributed by atoms with van der Waals surface area (Å²) < 4.78 is 0. The lowest BCUT2D eigenvalue weighted by atomic mass is 10.2. The maximum atomic E-state index is 7.49. The van der Waals surface area contributed by atoms with E-state index in [0.717, 1.165) is 5.69 Å². The van der Waals surface area contributed by atoms with E-state index in [1.165, 1.54) is 6.20 Å². The number of hydrogen-bond donors (Lipinski definition) is 2. The first-order chi connectivity index (χ1) is 8.18. The average Bonchev–Trinajstić information content (AvgIpc) is 2.81. The summed E-state index contributed by atoms with van der Waals surface area (Å²) in [5, 5.41) is 17.3. The Balaban J connectivity index is 2.24. The van der Waals surface area contributed by atoms with Crippen LogP contribution in [0.1, 0.15) is 11.3 Å². The molecule has 0 fully saturated rings. The summed E-state index contributed by atoms with van der Waals surface area (Å²) in [6.45, 7) is 0.614. The second kappa shape index (κ2) is 4.88. The molecule has 0 bridgehead atoms. The van der Waals surface area contributed by atoms with Crippen LogP contribution < -0.4 is 10.6 Å². The Bertz CT molecular complexity index is 509. The van der Waals surface area contributed by atoms with Gasteiger partial charge in [0.15, 0.2) is 5.82 Å². The number of aromatic nitrogens is 3. The maximum absolute atomic E-state index is 7.49. The number of rotatable bonds is 4. The van der Waals surface area contributed by atoms with Crippen molar-refractivity contribution in [2.24, 2.45) is 5.73 Å². The number of anilines is 1. The highest BCUT2D eigenvalue weighted by molar-refractivity contribution is 7.07. The van der Waals surface area contributed by atoms with Crippen molar-refractivity contribution in [2.45, 2.75) is 6.54 Å². The van der Waals surface area contributed by atoms with Gasteiger partial charge in [-0.2, -0.15) is 5.10 Å². The third-order valence-electron chi connectivity index (χ3n) is 2.24. The molecule has 2 heterocycles. The molecule has 17 heavy (non-hydrogen) atoms. The zero-order valence-electron chi connectivity index (χ0n) is 9.29. The van der Waals surface area contributed by atoms with E-state index in [2.05, 4.69) is 15.2 Å². The van der Waals surface area contributed by atoms with Crippen LogP contribution >= 0.6 is 11.3 Å². The second-order valence-corrected chi connectivity index (χ2v) is 4.24. The Kier molecular flexibility index (Phi) is 3.29. The molecule has 0 aromatic carbocycles. The lowest BCUT2D eigenvalue weighted by molar-refractivity contribution is 0.846. The van der Waals surface area contributed by atoms with Crippen molar-refractivity contribution in [3.05, 3.63) is 34.4 Å². The molecule has 2 aromatic heterocycles. The lowest BCUT2D eigenvalue weighted by Crippen LogP contribution is -2.23. The maximum Gasteiger partial charge on any atom is 0.162 e. The Morgan fingerprint density at radius 3 is 3.06 bits per heavy atom. The zero-order valence-corrected chi connectivity index (χ0v) is 10.1. The van der Waals surface area contributed by atoms with Crippen LogP contribution in [0, 0.1) is 5.41 Å². The standard InChI is InChI=1S/C10H12N6S/c1-16(4-7-5-17-6-13-7)10-8(9(11)12)2-3-14-15-10/h2-3,5-6H,4H2,1H3,(H3,11,12). The van der Waals surface area contributed by atoms with Crippen LogP contribution in [-0.4, -0.2) is 28.1 Å². The predicted octanol–water partition coefficient (Wildman–Crippen LogP) is 0.854. The van der Waals surface area contributed by atoms with Gasteiger partial charge in [-0.3, -0.25) is 5.41 Å². The van der Waals surface area contributed by atoms with Crippen molar-refractivity contribution < 1.29 is 0 Å². The van der Waals surface area contributed by atoms with Crippen molar-refractivity contribution in [3.63, 3.8) is 0 Å². The second-order valence-electron chi connectivity index (χ2n) is 3.52. The van der Waals surface area contributed by atoms with Crippen molar-refractivity contribution in [2.75, 3.05) is 11.9 Å². The van der Waals surface area contributed by atoms with E-state index in [1.807, 2.05) is 17.3 Å². The van der Waals surface area contributed by atoms with Crippen LogP contribution in [0.4, 0.5) is 5.82 Å². The molecule has 0 atom stereocenters. The highest BCUT2D eigenvalue weighted by atomic mass is 32.1. The van der Waals surface area contributed by atoms with Crippen LogP contribution in [0.5, 0.6) is 0 Å². The van der Waals surface area contributed by atoms with Gasteiger partial charge in [0.1, 0.15) is 5.84 Å². The number of amidine groups is 1. The van der Waals surface area contributed by atoms with E-state index in [-0.39, 0.29) is 5.84 Å². The summed E-state index contributed by atoms with van der Waals surface area (Å²) in [5.41, 5.74) is 8.82. The molecule has 0 spiro atoms. The van der Waals surface area contributed by atoms with Crippen LogP contribution in [0.3, 0.4) is 0 Å². The van der Waals surface area contributed by atoms with Gasteiger partial charge < -0.3 is 10.6 Å². The molecule has 0 unspecified atom stereocenters. The minimum Gasteiger partial charge on any atom is -0.384 e. The Morgan fingerprint density at radius 2 is 2.41 bits per heavy atom. The number of nitrogen functional groups attached to an aromatic ring is 1. The Morgan fingerprint density at radius 1 is 1.59 bits per heavy atom. The molecule has 3 N–H and O–H groups in total. The predicted molar refractivity (Wildman–Crippen MR) is 67.3 cm³/mol. The van der Waals surface area contributed by atoms with Crippen LogP contribution in [0.25, 0.3) is 0 Å². The summed E-state index contributed by atoms with van der Waals surface area (Å²) in [4.78, 5) is 6.07. The number of nitrogens with one attached hydrogen (secondary N) is 1. The van der Waals surface area contributed by atoms with E-state index in [1.54, 1.807) is 22.9 Å². The summed E-state index contributed by atoms with van der Waals surface area (Å²) >= 11 is 1.55. The van der Waals surface area contributed by atoms with Crippen LogP contribution in [-0.2, 0) is 6.54 Å². The van der Waals surface area contributed by atoms with Gasteiger partial charge >= 0.3 is 0 Å². The first-order valence-corrected chi connectivity index (χ1v) is 5.87. The number of nitrogens with two attached hydrogens (primary N) is 1. The Labute approximate surface area is 103 Å². The number of hydrogen-bond acceptors (Lipinski definition) is 6. The molecule has 88 valence electrons. The van der Waals surface area contributed by atoms with Crippen molar-refractivity contribution >= 4 is 23.0 Å². The summed E-state index contributed by atoms with van der Waals surface area (Å²) in [7, 11) is 1.87. The van der Waals surface area contributed by atoms with Crippen molar-refractivity contribution in [1.82, 2.24) is 15.2 Å². The van der Waals surface area contributed by atoms with Crippen molar-refractivity contribution in [3.8, 4) is 0 Å². The Hall–Kier alpha value is -2.02. The van der Waals surface area contributed by atoms with Crippen molar-refractivity contribution in [1.29, 1.82) is 5.41 Å². The zero-order chi connectivity index (χ0) is 12.3. The largest absolute Gasteiger partial charge is 0.384 e. The number of nitrogens with zero attached hydrogens (tertiary/aromatic N) is 4. The molecule has 0 saturated carbocycles. The molecule has 0 aliphatic heterocycles.